The first-order chi connectivity index (χ1) is 59.1. The molecule has 27 rings (SSSR count). The maximum atomic E-state index is 6.51. The lowest BCUT2D eigenvalue weighted by Gasteiger charge is -2.12. The number of hydrogen-bond donors (Lipinski definition) is 0. The summed E-state index contributed by atoms with van der Waals surface area (Å²) in [7, 11) is 0. The monoisotopic (exact) mass is 1550 g/mol. The molecule has 0 aliphatic heterocycles. The Bertz CT molecular complexity index is 8970. The molecule has 0 fully saturated rings. The number of furan rings is 3. The lowest BCUT2D eigenvalue weighted by Crippen LogP contribution is -2.03. The molecule has 24 heteroatoms. The molecule has 0 radical (unpaired) electrons. The summed E-state index contributed by atoms with van der Waals surface area (Å²) in [4.78, 5) is 85.4. The summed E-state index contributed by atoms with van der Waals surface area (Å²) in [6.07, 6.45) is 25.4. The number of aromatic nitrogens is 21. The van der Waals surface area contributed by atoms with Gasteiger partial charge in [0, 0.05) is 139 Å². The van der Waals surface area contributed by atoms with Gasteiger partial charge in [-0.3, -0.25) is 73.5 Å². The Balaban J connectivity index is 0.0000000997. The van der Waals surface area contributed by atoms with Crippen LogP contribution in [0.2, 0.25) is 0 Å². The molecule has 120 heavy (non-hydrogen) atoms. The second kappa shape index (κ2) is 25.0. The van der Waals surface area contributed by atoms with Crippen molar-refractivity contribution in [2.45, 2.75) is 41.5 Å². The second-order valence-corrected chi connectivity index (χ2v) is 30.4. The lowest BCUT2D eigenvalue weighted by atomic mass is 10.0. The number of aryl methyl sites for hydroxylation is 6. The van der Waals surface area contributed by atoms with Gasteiger partial charge in [-0.05, 0) is 106 Å². The molecule has 12 aromatic carbocycles. The second-order valence-electron chi connectivity index (χ2n) is 30.4. The predicted octanol–water partition coefficient (Wildman–Crippen LogP) is 21.4. The molecular formula is C96H57N21O3. The molecule has 0 aliphatic rings. The first-order valence-corrected chi connectivity index (χ1v) is 39.1. The molecule has 0 spiro atoms. The predicted molar refractivity (Wildman–Crippen MR) is 470 cm³/mol. The Hall–Kier alpha value is -16.5. The number of nitrogens with zero attached hydrogens (tertiary/aromatic N) is 21. The van der Waals surface area contributed by atoms with Crippen LogP contribution in [0.5, 0.6) is 0 Å². The van der Waals surface area contributed by atoms with Crippen molar-refractivity contribution in [1.29, 1.82) is 0 Å². The summed E-state index contributed by atoms with van der Waals surface area (Å²) in [6.45, 7) is 12.8. The van der Waals surface area contributed by atoms with E-state index in [1.54, 1.807) is 74.4 Å². The van der Waals surface area contributed by atoms with Crippen molar-refractivity contribution in [1.82, 2.24) is 103 Å². The fourth-order valence-electron chi connectivity index (χ4n) is 18.7. The highest BCUT2D eigenvalue weighted by Gasteiger charge is 2.29. The fourth-order valence-corrected chi connectivity index (χ4v) is 18.7. The molecule has 0 bridgehead atoms. The van der Waals surface area contributed by atoms with Crippen LogP contribution in [0.15, 0.2) is 252 Å². The van der Waals surface area contributed by atoms with E-state index in [9.17, 15) is 0 Å². The average molecular weight is 1550 g/mol. The molecular weight excluding hydrogens is 1500 g/mol. The summed E-state index contributed by atoms with van der Waals surface area (Å²) >= 11 is 0. The van der Waals surface area contributed by atoms with Gasteiger partial charge >= 0.3 is 0 Å². The molecule has 0 N–H and O–H groups in total. The van der Waals surface area contributed by atoms with Gasteiger partial charge in [0.05, 0.1) is 57.1 Å². The van der Waals surface area contributed by atoms with Gasteiger partial charge in [0.1, 0.15) is 133 Å². The zero-order chi connectivity index (χ0) is 79.6. The van der Waals surface area contributed by atoms with E-state index in [1.807, 2.05) is 55.0 Å². The molecule has 15 heterocycles. The Morgan fingerprint density at radius 1 is 0.208 bits per heavy atom. The number of benzene rings is 12. The molecule has 0 atom stereocenters. The van der Waals surface area contributed by atoms with Crippen LogP contribution in [-0.2, 0) is 0 Å². The number of rotatable bonds is 3. The molecule has 15 aromatic heterocycles. The molecule has 0 saturated heterocycles. The van der Waals surface area contributed by atoms with Gasteiger partial charge in [0.15, 0.2) is 17.5 Å². The molecule has 24 nitrogen and oxygen atoms in total. The largest absolute Gasteiger partial charge is 0.456 e. The molecule has 0 amide bonds. The average Bonchev–Trinajstić information content (AvgIpc) is 1.41. The van der Waals surface area contributed by atoms with Crippen molar-refractivity contribution in [3.8, 4) is 17.5 Å². The maximum Gasteiger partial charge on any atom is 0.157 e. The van der Waals surface area contributed by atoms with Crippen LogP contribution in [0.4, 0.5) is 0 Å². The topological polar surface area (TPSA) is 286 Å². The first-order valence-electron chi connectivity index (χ1n) is 39.1. The van der Waals surface area contributed by atoms with Crippen molar-refractivity contribution < 1.29 is 13.3 Å². The minimum atomic E-state index is 0.639. The molecule has 27 aromatic rings. The van der Waals surface area contributed by atoms with E-state index in [1.165, 1.54) is 0 Å². The maximum absolute atomic E-state index is 6.51. The summed E-state index contributed by atoms with van der Waals surface area (Å²) in [6, 6.07) is 50.4. The van der Waals surface area contributed by atoms with Gasteiger partial charge in [-0.2, -0.15) is 0 Å². The highest BCUT2D eigenvalue weighted by atomic mass is 16.3. The number of fused-ring (bicyclic) bond motifs is 37. The van der Waals surface area contributed by atoms with Gasteiger partial charge in [0.25, 0.3) is 0 Å². The molecule has 0 saturated carbocycles. The van der Waals surface area contributed by atoms with Gasteiger partial charge in [-0.25, -0.2) is 29.9 Å². The Labute approximate surface area is 674 Å². The fraction of sp³-hybridized carbons (Fsp3) is 0.0625. The quantitative estimate of drug-likeness (QED) is 0.148. The van der Waals surface area contributed by atoms with Gasteiger partial charge in [-0.15, -0.1) is 0 Å². The number of para-hydroxylation sites is 6. The third-order valence-corrected chi connectivity index (χ3v) is 23.7. The molecule has 564 valence electrons. The smallest absolute Gasteiger partial charge is 0.157 e. The van der Waals surface area contributed by atoms with Crippen LogP contribution < -0.4 is 0 Å². The third-order valence-electron chi connectivity index (χ3n) is 23.7. The highest BCUT2D eigenvalue weighted by Crippen LogP contribution is 2.47. The van der Waals surface area contributed by atoms with Crippen LogP contribution in [-0.4, -0.2) is 103 Å². The minimum absolute atomic E-state index is 0.639. The lowest BCUT2D eigenvalue weighted by molar-refractivity contribution is 0.666. The van der Waals surface area contributed by atoms with Crippen molar-refractivity contribution in [3.63, 3.8) is 0 Å². The minimum Gasteiger partial charge on any atom is -0.456 e. The van der Waals surface area contributed by atoms with E-state index in [-0.39, 0.29) is 0 Å². The zero-order valence-electron chi connectivity index (χ0n) is 64.6. The summed E-state index contributed by atoms with van der Waals surface area (Å²) in [5, 5.41) is 13.4. The normalized spacial score (nSPS) is 12.2. The Morgan fingerprint density at radius 2 is 0.525 bits per heavy atom. The van der Waals surface area contributed by atoms with E-state index in [0.717, 1.165) is 165 Å². The van der Waals surface area contributed by atoms with Gasteiger partial charge in [-0.1, -0.05) is 109 Å². The van der Waals surface area contributed by atoms with Crippen molar-refractivity contribution in [2.75, 3.05) is 0 Å². The van der Waals surface area contributed by atoms with E-state index >= 15 is 0 Å². The van der Waals surface area contributed by atoms with E-state index in [2.05, 4.69) is 224 Å². The van der Waals surface area contributed by atoms with Crippen molar-refractivity contribution in [2.24, 2.45) is 0 Å². The summed E-state index contributed by atoms with van der Waals surface area (Å²) < 4.78 is 25.9. The molecule has 0 aliphatic carbocycles. The van der Waals surface area contributed by atoms with Crippen molar-refractivity contribution >= 4 is 231 Å². The van der Waals surface area contributed by atoms with E-state index in [0.29, 0.717) is 117 Å². The number of hydrogen-bond acceptors (Lipinski definition) is 21. The Morgan fingerprint density at radius 3 is 0.950 bits per heavy atom. The van der Waals surface area contributed by atoms with Crippen LogP contribution in [0.1, 0.15) is 33.4 Å². The zero-order valence-corrected chi connectivity index (χ0v) is 64.6. The van der Waals surface area contributed by atoms with E-state index < -0.39 is 0 Å². The first kappa shape index (κ1) is 66.9. The van der Waals surface area contributed by atoms with Crippen molar-refractivity contribution in [3.05, 3.63) is 272 Å². The van der Waals surface area contributed by atoms with Gasteiger partial charge < -0.3 is 13.3 Å². The standard InChI is InChI=1S/3C32H19N7O/c1-16-6-5-8-18-20-14-22-24(19-7-3-4-9-21(19)40-22)17(2)32(20)39(31(16)18)23-15-37-29-27-25(33-10-11-35-27)26-28(30(29)38-23)36-13-12-34-26;1-16-6-5-8-19-20-14-21-18-7-3-4-9-22(18)40-32(21)17(2)31(20)39(30(16)19)23-15-37-28-26-24(33-10-11-35-26)25-27(29(28)38-23)36-13-12-34-25;1-16-6-5-8-19-23-31(17(2)14-20-18-7-3-4-9-21(18)40-32(20)23)39(30(16)19)22-15-37-28-26-24(33-10-11-35-26)25-27(29(28)38-22)36-13-12-34-25/h3*3-15H,1-2H3. The highest BCUT2D eigenvalue weighted by molar-refractivity contribution is 6.27. The van der Waals surface area contributed by atoms with Gasteiger partial charge in [0.2, 0.25) is 0 Å². The third kappa shape index (κ3) is 9.33. The Kier molecular flexibility index (Phi) is 13.9. The van der Waals surface area contributed by atoms with Crippen LogP contribution in [0.25, 0.3) is 248 Å². The summed E-state index contributed by atoms with van der Waals surface area (Å²) in [5.41, 5.74) is 30.1. The SMILES string of the molecule is Cc1cccc2c3c4oc5ccccc5c4cc(C)c3n(-c3cnc4c5nccnc5c5nccnc5c4n3)c12.Cc1cccc2c3cc4c(oc5ccccc54)c(C)c3n(-c3cnc4c5nccnc5c5nccnc5c4n3)c12.Cc1cccc2c3cc4oc5ccccc5c4c(C)c3n(-c3cnc4c5nccnc5c5nccnc5c4n3)c12. The molecule has 0 unspecified atom stereocenters. The summed E-state index contributed by atoms with van der Waals surface area (Å²) in [5.74, 6) is 2.08. The van der Waals surface area contributed by atoms with E-state index in [4.69, 9.17) is 43.2 Å². The van der Waals surface area contributed by atoms with Crippen LogP contribution >= 0.6 is 0 Å². The van der Waals surface area contributed by atoms with Crippen LogP contribution in [0.3, 0.4) is 0 Å². The van der Waals surface area contributed by atoms with Crippen LogP contribution in [0, 0.1) is 41.5 Å².